The molecule has 0 heterocycles. The van der Waals surface area contributed by atoms with E-state index in [4.69, 9.17) is 5.11 Å². The van der Waals surface area contributed by atoms with Crippen LogP contribution < -0.4 is 5.32 Å². The number of benzene rings is 2. The Balaban J connectivity index is 2.10. The van der Waals surface area contributed by atoms with Crippen LogP contribution in [-0.2, 0) is 6.61 Å². The molecule has 0 saturated carbocycles. The molecule has 0 spiro atoms. The molecule has 2 aromatic carbocycles. The average molecular weight is 291 g/mol. The van der Waals surface area contributed by atoms with Crippen molar-refractivity contribution >= 4 is 0 Å². The molecule has 21 heavy (non-hydrogen) atoms. The van der Waals surface area contributed by atoms with Crippen LogP contribution in [0.5, 0.6) is 0 Å². The first-order chi connectivity index (χ1) is 10.0. The van der Waals surface area contributed by atoms with Gasteiger partial charge in [0.2, 0.25) is 0 Å². The van der Waals surface area contributed by atoms with Gasteiger partial charge in [0.25, 0.3) is 0 Å². The summed E-state index contributed by atoms with van der Waals surface area (Å²) in [6, 6.07) is 11.5. The summed E-state index contributed by atoms with van der Waals surface area (Å²) < 4.78 is 26.2. The fourth-order valence-electron chi connectivity index (χ4n) is 2.31. The van der Waals surface area contributed by atoms with Crippen molar-refractivity contribution in [1.29, 1.82) is 0 Å². The molecule has 4 heteroatoms. The van der Waals surface area contributed by atoms with Crippen LogP contribution in [0.15, 0.2) is 42.5 Å². The van der Waals surface area contributed by atoms with Gasteiger partial charge in [-0.2, -0.15) is 0 Å². The first-order valence-electron chi connectivity index (χ1n) is 6.92. The Kier molecular flexibility index (Phi) is 5.04. The van der Waals surface area contributed by atoms with Gasteiger partial charge in [-0.25, -0.2) is 8.78 Å². The zero-order chi connectivity index (χ0) is 15.4. The minimum Gasteiger partial charge on any atom is -0.392 e. The van der Waals surface area contributed by atoms with Crippen molar-refractivity contribution in [2.75, 3.05) is 0 Å². The van der Waals surface area contributed by atoms with E-state index < -0.39 is 11.6 Å². The zero-order valence-corrected chi connectivity index (χ0v) is 12.1. The summed E-state index contributed by atoms with van der Waals surface area (Å²) in [6.45, 7) is 3.89. The van der Waals surface area contributed by atoms with E-state index >= 15 is 0 Å². The van der Waals surface area contributed by atoms with Crippen LogP contribution in [-0.4, -0.2) is 5.11 Å². The quantitative estimate of drug-likeness (QED) is 0.876. The monoisotopic (exact) mass is 291 g/mol. The smallest absolute Gasteiger partial charge is 0.159 e. The average Bonchev–Trinajstić information content (AvgIpc) is 2.49. The molecule has 0 aromatic heterocycles. The van der Waals surface area contributed by atoms with Gasteiger partial charge in [-0.15, -0.1) is 0 Å². The third-order valence-corrected chi connectivity index (χ3v) is 3.58. The molecule has 2 aromatic rings. The van der Waals surface area contributed by atoms with Gasteiger partial charge >= 0.3 is 0 Å². The highest BCUT2D eigenvalue weighted by Gasteiger charge is 2.13. The lowest BCUT2D eigenvalue weighted by molar-refractivity contribution is 0.281. The zero-order valence-electron chi connectivity index (χ0n) is 12.1. The molecule has 0 fully saturated rings. The summed E-state index contributed by atoms with van der Waals surface area (Å²) in [5, 5.41) is 12.5. The Morgan fingerprint density at radius 3 is 2.24 bits per heavy atom. The van der Waals surface area contributed by atoms with E-state index in [0.717, 1.165) is 17.2 Å². The molecule has 2 atom stereocenters. The van der Waals surface area contributed by atoms with Gasteiger partial charge in [0, 0.05) is 12.1 Å². The highest BCUT2D eigenvalue weighted by Crippen LogP contribution is 2.21. The normalized spacial score (nSPS) is 14.0. The molecular weight excluding hydrogens is 272 g/mol. The van der Waals surface area contributed by atoms with E-state index in [1.807, 2.05) is 38.1 Å². The van der Waals surface area contributed by atoms with Crippen molar-refractivity contribution in [2.24, 2.45) is 0 Å². The number of halogens is 2. The maximum atomic E-state index is 13.3. The summed E-state index contributed by atoms with van der Waals surface area (Å²) in [7, 11) is 0. The predicted molar refractivity (Wildman–Crippen MR) is 78.7 cm³/mol. The molecule has 0 saturated heterocycles. The van der Waals surface area contributed by atoms with Crippen LogP contribution in [0.3, 0.4) is 0 Å². The van der Waals surface area contributed by atoms with E-state index in [1.165, 1.54) is 6.07 Å². The van der Waals surface area contributed by atoms with Crippen LogP contribution in [0.1, 0.15) is 42.6 Å². The fourth-order valence-corrected chi connectivity index (χ4v) is 2.31. The summed E-state index contributed by atoms with van der Waals surface area (Å²) in [6.07, 6.45) is 0. The number of aliphatic hydroxyl groups is 1. The third-order valence-electron chi connectivity index (χ3n) is 3.58. The van der Waals surface area contributed by atoms with E-state index in [-0.39, 0.29) is 18.7 Å². The second-order valence-electron chi connectivity index (χ2n) is 5.19. The number of hydrogen-bond donors (Lipinski definition) is 2. The molecule has 0 amide bonds. The van der Waals surface area contributed by atoms with Crippen LogP contribution in [0.25, 0.3) is 0 Å². The van der Waals surface area contributed by atoms with Crippen LogP contribution >= 0.6 is 0 Å². The molecule has 0 aliphatic carbocycles. The first-order valence-corrected chi connectivity index (χ1v) is 6.92. The standard InChI is InChI=1S/C17H19F2NO/c1-11(14-5-3-4-13(8-14)10-21)20-12(2)15-6-7-16(18)17(19)9-15/h3-9,11-12,20-21H,10H2,1-2H3. The Morgan fingerprint density at radius 2 is 1.62 bits per heavy atom. The molecule has 2 rings (SSSR count). The van der Waals surface area contributed by atoms with E-state index in [2.05, 4.69) is 5.32 Å². The summed E-state index contributed by atoms with van der Waals surface area (Å²) in [5.41, 5.74) is 2.58. The first kappa shape index (κ1) is 15.6. The maximum Gasteiger partial charge on any atom is 0.159 e. The topological polar surface area (TPSA) is 32.3 Å². The van der Waals surface area contributed by atoms with E-state index in [1.54, 1.807) is 6.07 Å². The number of nitrogens with one attached hydrogen (secondary N) is 1. The number of aliphatic hydroxyl groups excluding tert-OH is 1. The number of hydrogen-bond acceptors (Lipinski definition) is 2. The molecule has 112 valence electrons. The third kappa shape index (κ3) is 3.86. The van der Waals surface area contributed by atoms with Crippen molar-refractivity contribution in [2.45, 2.75) is 32.5 Å². The van der Waals surface area contributed by atoms with Gasteiger partial charge in [-0.3, -0.25) is 0 Å². The molecule has 0 aliphatic rings. The molecule has 0 bridgehead atoms. The Bertz CT molecular complexity index is 615. The second kappa shape index (κ2) is 6.78. The minimum absolute atomic E-state index is 0.000707. The lowest BCUT2D eigenvalue weighted by Gasteiger charge is -2.21. The van der Waals surface area contributed by atoms with Crippen molar-refractivity contribution in [3.05, 3.63) is 70.8 Å². The second-order valence-corrected chi connectivity index (χ2v) is 5.19. The molecule has 0 aliphatic heterocycles. The number of rotatable bonds is 5. The van der Waals surface area contributed by atoms with Crippen LogP contribution in [0.2, 0.25) is 0 Å². The Labute approximate surface area is 123 Å². The lowest BCUT2D eigenvalue weighted by Crippen LogP contribution is -2.22. The van der Waals surface area contributed by atoms with Gasteiger partial charge < -0.3 is 10.4 Å². The fraction of sp³-hybridized carbons (Fsp3) is 0.294. The molecular formula is C17H19F2NO. The predicted octanol–water partition coefficient (Wildman–Crippen LogP) is 3.87. The maximum absolute atomic E-state index is 13.3. The molecule has 0 radical (unpaired) electrons. The molecule has 2 N–H and O–H groups in total. The van der Waals surface area contributed by atoms with Crippen molar-refractivity contribution in [3.63, 3.8) is 0 Å². The van der Waals surface area contributed by atoms with Gasteiger partial charge in [0.15, 0.2) is 11.6 Å². The summed E-state index contributed by atoms with van der Waals surface area (Å²) in [5.74, 6) is -1.68. The van der Waals surface area contributed by atoms with Crippen molar-refractivity contribution in [3.8, 4) is 0 Å². The summed E-state index contributed by atoms with van der Waals surface area (Å²) in [4.78, 5) is 0. The Hall–Kier alpha value is -1.78. The van der Waals surface area contributed by atoms with Gasteiger partial charge in [-0.1, -0.05) is 30.3 Å². The van der Waals surface area contributed by atoms with Crippen LogP contribution in [0, 0.1) is 11.6 Å². The van der Waals surface area contributed by atoms with Crippen molar-refractivity contribution < 1.29 is 13.9 Å². The highest BCUT2D eigenvalue weighted by atomic mass is 19.2. The van der Waals surface area contributed by atoms with Crippen LogP contribution in [0.4, 0.5) is 8.78 Å². The lowest BCUT2D eigenvalue weighted by atomic mass is 10.0. The summed E-state index contributed by atoms with van der Waals surface area (Å²) >= 11 is 0. The van der Waals surface area contributed by atoms with Crippen molar-refractivity contribution in [1.82, 2.24) is 5.32 Å². The largest absolute Gasteiger partial charge is 0.392 e. The molecule has 2 nitrogen and oxygen atoms in total. The SMILES string of the molecule is CC(NC(C)c1ccc(F)c(F)c1)c1cccc(CO)c1. The van der Waals surface area contributed by atoms with Gasteiger partial charge in [0.05, 0.1) is 6.61 Å². The van der Waals surface area contributed by atoms with Gasteiger partial charge in [0.1, 0.15) is 0 Å². The Morgan fingerprint density at radius 1 is 0.952 bits per heavy atom. The minimum atomic E-state index is -0.838. The van der Waals surface area contributed by atoms with Gasteiger partial charge in [-0.05, 0) is 42.7 Å². The highest BCUT2D eigenvalue weighted by molar-refractivity contribution is 5.26. The van der Waals surface area contributed by atoms with E-state index in [0.29, 0.717) is 5.56 Å². The van der Waals surface area contributed by atoms with E-state index in [9.17, 15) is 8.78 Å². The molecule has 2 unspecified atom stereocenters.